The van der Waals surface area contributed by atoms with Crippen LogP contribution in [0.4, 0.5) is 17.1 Å². The molecule has 2 N–H and O–H groups in total. The molecule has 0 unspecified atom stereocenters. The third kappa shape index (κ3) is 1.36. The number of nitrogens with one attached hydrogen (secondary N) is 2. The molecule has 78 valence electrons. The molecule has 0 aromatic heterocycles. The Labute approximate surface area is 94.6 Å². The van der Waals surface area contributed by atoms with Crippen molar-refractivity contribution in [3.63, 3.8) is 0 Å². The Balaban J connectivity index is 2.18. The van der Waals surface area contributed by atoms with Gasteiger partial charge in [-0.05, 0) is 18.2 Å². The summed E-state index contributed by atoms with van der Waals surface area (Å²) < 4.78 is 0. The van der Waals surface area contributed by atoms with E-state index in [1.807, 2.05) is 30.3 Å². The van der Waals surface area contributed by atoms with Crippen LogP contribution in [0.5, 0.6) is 0 Å². The fraction of sp³-hybridized carbons (Fsp3) is 0. The summed E-state index contributed by atoms with van der Waals surface area (Å²) in [5, 5.41) is 6.73. The zero-order chi connectivity index (χ0) is 11.0. The Hall–Kier alpha value is -2.22. The molecule has 2 nitrogen and oxygen atoms in total. The summed E-state index contributed by atoms with van der Waals surface area (Å²) in [6.07, 6.45) is 0. The molecule has 0 atom stereocenters. The Bertz CT molecular complexity index is 558. The van der Waals surface area contributed by atoms with E-state index in [-0.39, 0.29) is 0 Å². The maximum atomic E-state index is 4.06. The van der Waals surface area contributed by atoms with Gasteiger partial charge in [0.05, 0.1) is 11.4 Å². The lowest BCUT2D eigenvalue weighted by Crippen LogP contribution is -1.94. The second-order valence-corrected chi connectivity index (χ2v) is 3.82. The second kappa shape index (κ2) is 3.42. The van der Waals surface area contributed by atoms with E-state index in [1.165, 1.54) is 0 Å². The Morgan fingerprint density at radius 2 is 1.25 bits per heavy atom. The number of hydrogen-bond acceptors (Lipinski definition) is 2. The largest absolute Gasteiger partial charge is 0.354 e. The minimum atomic E-state index is 0.924. The Morgan fingerprint density at radius 3 is 2.00 bits per heavy atom. The SMILES string of the molecule is C=C1Nc2ccccc2Nc2ccccc21. The first-order valence-corrected chi connectivity index (χ1v) is 5.26. The molecule has 1 heterocycles. The molecule has 1 aliphatic rings. The monoisotopic (exact) mass is 208 g/mol. The molecule has 3 rings (SSSR count). The fourth-order valence-corrected chi connectivity index (χ4v) is 1.93. The molecule has 1 aliphatic heterocycles. The van der Waals surface area contributed by atoms with Crippen molar-refractivity contribution in [2.45, 2.75) is 0 Å². The van der Waals surface area contributed by atoms with Gasteiger partial charge in [0.1, 0.15) is 0 Å². The predicted octanol–water partition coefficient (Wildman–Crippen LogP) is 3.83. The maximum absolute atomic E-state index is 4.06. The molecule has 0 fully saturated rings. The van der Waals surface area contributed by atoms with Gasteiger partial charge in [-0.2, -0.15) is 0 Å². The van der Waals surface area contributed by atoms with Crippen molar-refractivity contribution in [2.75, 3.05) is 10.6 Å². The van der Waals surface area contributed by atoms with Gasteiger partial charge in [0.25, 0.3) is 0 Å². The molecule has 16 heavy (non-hydrogen) atoms. The van der Waals surface area contributed by atoms with Crippen LogP contribution in [0.2, 0.25) is 0 Å². The number of anilines is 3. The van der Waals surface area contributed by atoms with E-state index in [1.54, 1.807) is 0 Å². The third-order valence-corrected chi connectivity index (χ3v) is 2.73. The maximum Gasteiger partial charge on any atom is 0.0623 e. The van der Waals surface area contributed by atoms with Crippen LogP contribution in [0.1, 0.15) is 5.56 Å². The Morgan fingerprint density at radius 1 is 0.688 bits per heavy atom. The minimum Gasteiger partial charge on any atom is -0.354 e. The molecule has 0 radical (unpaired) electrons. The molecule has 0 aliphatic carbocycles. The predicted molar refractivity (Wildman–Crippen MR) is 68.8 cm³/mol. The normalized spacial score (nSPS) is 12.9. The number of rotatable bonds is 0. The van der Waals surface area contributed by atoms with Crippen LogP contribution in [-0.2, 0) is 0 Å². The highest BCUT2D eigenvalue weighted by atomic mass is 15.0. The topological polar surface area (TPSA) is 24.1 Å². The van der Waals surface area contributed by atoms with Gasteiger partial charge in [0.2, 0.25) is 0 Å². The average molecular weight is 208 g/mol. The second-order valence-electron chi connectivity index (χ2n) is 3.82. The molecule has 2 aromatic carbocycles. The van der Waals surface area contributed by atoms with Crippen molar-refractivity contribution in [3.8, 4) is 0 Å². The highest BCUT2D eigenvalue weighted by molar-refractivity contribution is 5.92. The van der Waals surface area contributed by atoms with Gasteiger partial charge < -0.3 is 10.6 Å². The molecule has 0 amide bonds. The van der Waals surface area contributed by atoms with Crippen LogP contribution < -0.4 is 10.6 Å². The lowest BCUT2D eigenvalue weighted by atomic mass is 10.1. The average Bonchev–Trinajstić information content (AvgIpc) is 2.45. The summed E-state index contributed by atoms with van der Waals surface area (Å²) in [7, 11) is 0. The quantitative estimate of drug-likeness (QED) is 0.687. The van der Waals surface area contributed by atoms with Crippen molar-refractivity contribution < 1.29 is 0 Å². The fourth-order valence-electron chi connectivity index (χ4n) is 1.93. The molecule has 2 heteroatoms. The molecular weight excluding hydrogens is 196 g/mol. The minimum absolute atomic E-state index is 0.924. The molecule has 2 aromatic rings. The highest BCUT2D eigenvalue weighted by Gasteiger charge is 2.13. The van der Waals surface area contributed by atoms with Crippen LogP contribution in [0.15, 0.2) is 55.1 Å². The van der Waals surface area contributed by atoms with E-state index < -0.39 is 0 Å². The molecular formula is C14H12N2. The first-order valence-electron chi connectivity index (χ1n) is 5.26. The van der Waals surface area contributed by atoms with Crippen LogP contribution in [0.25, 0.3) is 5.70 Å². The molecule has 0 spiro atoms. The number of benzene rings is 2. The van der Waals surface area contributed by atoms with Gasteiger partial charge in [-0.15, -0.1) is 0 Å². The zero-order valence-corrected chi connectivity index (χ0v) is 8.83. The van der Waals surface area contributed by atoms with Gasteiger partial charge in [-0.25, -0.2) is 0 Å². The third-order valence-electron chi connectivity index (χ3n) is 2.73. The first-order chi connectivity index (χ1) is 7.84. The van der Waals surface area contributed by atoms with Crippen molar-refractivity contribution in [1.29, 1.82) is 0 Å². The van der Waals surface area contributed by atoms with Crippen molar-refractivity contribution in [2.24, 2.45) is 0 Å². The van der Waals surface area contributed by atoms with Crippen molar-refractivity contribution >= 4 is 22.8 Å². The summed E-state index contributed by atoms with van der Waals surface area (Å²) in [5.74, 6) is 0. The van der Waals surface area contributed by atoms with Gasteiger partial charge in [0.15, 0.2) is 0 Å². The first kappa shape index (κ1) is 9.04. The summed E-state index contributed by atoms with van der Waals surface area (Å²) in [6.45, 7) is 4.06. The van der Waals surface area contributed by atoms with E-state index in [0.29, 0.717) is 0 Å². The molecule has 0 bridgehead atoms. The van der Waals surface area contributed by atoms with E-state index in [2.05, 4.69) is 35.4 Å². The van der Waals surface area contributed by atoms with Gasteiger partial charge in [0, 0.05) is 16.9 Å². The van der Waals surface area contributed by atoms with Crippen molar-refractivity contribution in [1.82, 2.24) is 0 Å². The van der Waals surface area contributed by atoms with Gasteiger partial charge >= 0.3 is 0 Å². The van der Waals surface area contributed by atoms with Crippen molar-refractivity contribution in [3.05, 3.63) is 60.7 Å². The lowest BCUT2D eigenvalue weighted by Gasteiger charge is -2.07. The van der Waals surface area contributed by atoms with Gasteiger partial charge in [-0.1, -0.05) is 36.9 Å². The van der Waals surface area contributed by atoms with Crippen LogP contribution in [0.3, 0.4) is 0 Å². The number of hydrogen-bond donors (Lipinski definition) is 2. The summed E-state index contributed by atoms with van der Waals surface area (Å²) in [4.78, 5) is 0. The zero-order valence-electron chi connectivity index (χ0n) is 8.83. The molecule has 0 saturated carbocycles. The van der Waals surface area contributed by atoms with Crippen LogP contribution >= 0.6 is 0 Å². The van der Waals surface area contributed by atoms with Crippen LogP contribution in [-0.4, -0.2) is 0 Å². The Kier molecular flexibility index (Phi) is 1.93. The smallest absolute Gasteiger partial charge is 0.0623 e. The van der Waals surface area contributed by atoms with E-state index in [9.17, 15) is 0 Å². The summed E-state index contributed by atoms with van der Waals surface area (Å²) in [5.41, 5.74) is 5.26. The number of fused-ring (bicyclic) bond motifs is 2. The van der Waals surface area contributed by atoms with E-state index in [4.69, 9.17) is 0 Å². The number of para-hydroxylation sites is 3. The molecule has 0 saturated heterocycles. The standard InChI is InChI=1S/C14H12N2/c1-10-11-6-2-3-7-12(11)16-14-9-5-4-8-13(14)15-10/h2-9,15-16H,1H2. The highest BCUT2D eigenvalue weighted by Crippen LogP contribution is 2.35. The van der Waals surface area contributed by atoms with Gasteiger partial charge in [-0.3, -0.25) is 0 Å². The summed E-state index contributed by atoms with van der Waals surface area (Å²) in [6, 6.07) is 16.3. The van der Waals surface area contributed by atoms with Crippen LogP contribution in [0, 0.1) is 0 Å². The van der Waals surface area contributed by atoms with E-state index >= 15 is 0 Å². The lowest BCUT2D eigenvalue weighted by molar-refractivity contribution is 1.55. The van der Waals surface area contributed by atoms with E-state index in [0.717, 1.165) is 28.3 Å². The summed E-state index contributed by atoms with van der Waals surface area (Å²) >= 11 is 0.